The number of esters is 1. The molecule has 0 bridgehead atoms. The highest BCUT2D eigenvalue weighted by Crippen LogP contribution is 2.50. The van der Waals surface area contributed by atoms with Crippen molar-refractivity contribution in [2.24, 2.45) is 5.92 Å². The predicted octanol–water partition coefficient (Wildman–Crippen LogP) is 8.36. The standard InChI is InChI=1S/C60H64N4O8S3/c1-43(2)55-58(69)61-41-54(66)72-50(36-22-23-38-73-59(44-24-10-4-11-25-44,45-26-12-5-13-27-45)46-28-14-6-15-29-46)40-53(65)62-51(37-39-75(3,70)71)56(67)63-52(57(68)64-55)42-74-60(47-30-16-7-17-31-47,48-32-18-8-19-33-48)49-34-20-9-21-35-49/h4-22,24-36,43,50-52,55H,23,37-42H2,1-3H3,(H,61,69)(H,62,65)(H,63,67)(H,64,68)/t50-,51+,52+,55+/m0/s1. The van der Waals surface area contributed by atoms with Gasteiger partial charge in [0, 0.05) is 12.0 Å². The average Bonchev–Trinajstić information content (AvgIpc) is 3.43. The predicted molar refractivity (Wildman–Crippen MR) is 300 cm³/mol. The van der Waals surface area contributed by atoms with Gasteiger partial charge in [-0.2, -0.15) is 0 Å². The molecule has 1 fully saturated rings. The number of carbonyl (C=O) groups is 5. The highest BCUT2D eigenvalue weighted by molar-refractivity contribution is 8.01. The van der Waals surface area contributed by atoms with Crippen molar-refractivity contribution in [2.75, 3.05) is 30.1 Å². The van der Waals surface area contributed by atoms with E-state index in [2.05, 4.69) is 57.7 Å². The van der Waals surface area contributed by atoms with Gasteiger partial charge in [-0.3, -0.25) is 24.0 Å². The summed E-state index contributed by atoms with van der Waals surface area (Å²) in [6.07, 6.45) is 3.09. The molecular weight excluding hydrogens is 1000 g/mol. The first kappa shape index (κ1) is 55.8. The molecule has 1 aliphatic rings. The van der Waals surface area contributed by atoms with Crippen molar-refractivity contribution in [2.45, 2.75) is 66.8 Å². The summed E-state index contributed by atoms with van der Waals surface area (Å²) in [7, 11) is -3.64. The lowest BCUT2D eigenvalue weighted by Gasteiger charge is -2.37. The van der Waals surface area contributed by atoms with Gasteiger partial charge in [0.25, 0.3) is 0 Å². The zero-order valence-corrected chi connectivity index (χ0v) is 44.8. The van der Waals surface area contributed by atoms with Crippen LogP contribution in [0.15, 0.2) is 194 Å². The van der Waals surface area contributed by atoms with Crippen LogP contribution in [0, 0.1) is 5.92 Å². The SMILES string of the molecule is CC(C)[C@H]1NC(=O)[C@@H](CSC(c2ccccc2)(c2ccccc2)c2ccccc2)NC(=O)[C@@H](CCS(C)(=O)=O)NC(=O)C[C@H](C=CCCSC(c2ccccc2)(c2ccccc2)c2ccccc2)OC(=O)CNC1=O. The second-order valence-electron chi connectivity index (χ2n) is 18.7. The quantitative estimate of drug-likeness (QED) is 0.0283. The van der Waals surface area contributed by atoms with E-state index < -0.39 is 97.8 Å². The molecule has 390 valence electrons. The van der Waals surface area contributed by atoms with E-state index in [1.807, 2.05) is 152 Å². The van der Waals surface area contributed by atoms with Crippen LogP contribution in [0.4, 0.5) is 0 Å². The average molecular weight is 1070 g/mol. The fraction of sp³-hybridized carbons (Fsp3) is 0.283. The van der Waals surface area contributed by atoms with Gasteiger partial charge in [0.2, 0.25) is 23.6 Å². The Morgan fingerprint density at radius 2 is 0.987 bits per heavy atom. The van der Waals surface area contributed by atoms with E-state index in [0.29, 0.717) is 12.2 Å². The number of hydrogen-bond acceptors (Lipinski definition) is 10. The number of rotatable bonds is 18. The molecule has 4 atom stereocenters. The fourth-order valence-electron chi connectivity index (χ4n) is 9.18. The fourth-order valence-corrected chi connectivity index (χ4v) is 12.9. The molecule has 15 heteroatoms. The Bertz CT molecular complexity index is 2780. The van der Waals surface area contributed by atoms with Gasteiger partial charge in [-0.1, -0.05) is 202 Å². The van der Waals surface area contributed by atoms with E-state index >= 15 is 0 Å². The van der Waals surface area contributed by atoms with Crippen LogP contribution in [-0.2, 0) is 48.0 Å². The van der Waals surface area contributed by atoms with Gasteiger partial charge >= 0.3 is 5.97 Å². The monoisotopic (exact) mass is 1060 g/mol. The second kappa shape index (κ2) is 26.5. The first-order valence-corrected chi connectivity index (χ1v) is 29.1. The van der Waals surface area contributed by atoms with Gasteiger partial charge < -0.3 is 26.0 Å². The minimum atomic E-state index is -3.64. The minimum absolute atomic E-state index is 0.0456. The van der Waals surface area contributed by atoms with Gasteiger partial charge in [0.05, 0.1) is 21.7 Å². The molecule has 0 aliphatic carbocycles. The van der Waals surface area contributed by atoms with Crippen LogP contribution in [0.25, 0.3) is 0 Å². The van der Waals surface area contributed by atoms with Gasteiger partial charge in [0.15, 0.2) is 0 Å². The molecule has 6 aromatic rings. The Hall–Kier alpha value is -6.94. The summed E-state index contributed by atoms with van der Waals surface area (Å²) in [5, 5.41) is 11.0. The molecule has 1 heterocycles. The lowest BCUT2D eigenvalue weighted by Crippen LogP contribution is -2.59. The van der Waals surface area contributed by atoms with Crippen molar-refractivity contribution in [1.29, 1.82) is 0 Å². The van der Waals surface area contributed by atoms with Crippen molar-refractivity contribution < 1.29 is 37.1 Å². The number of carbonyl (C=O) groups excluding carboxylic acids is 5. The highest BCUT2D eigenvalue weighted by atomic mass is 32.2. The summed E-state index contributed by atoms with van der Waals surface area (Å²) >= 11 is 3.14. The minimum Gasteiger partial charge on any atom is -0.456 e. The van der Waals surface area contributed by atoms with Crippen LogP contribution < -0.4 is 21.3 Å². The highest BCUT2D eigenvalue weighted by Gasteiger charge is 2.41. The molecule has 4 N–H and O–H groups in total. The van der Waals surface area contributed by atoms with E-state index in [0.717, 1.165) is 39.6 Å². The number of benzene rings is 6. The summed E-state index contributed by atoms with van der Waals surface area (Å²) in [6, 6.07) is 56.3. The zero-order chi connectivity index (χ0) is 53.3. The van der Waals surface area contributed by atoms with E-state index in [9.17, 15) is 32.4 Å². The number of cyclic esters (lactones) is 1. The Balaban J connectivity index is 1.18. The maximum absolute atomic E-state index is 14.7. The maximum atomic E-state index is 14.7. The molecule has 75 heavy (non-hydrogen) atoms. The smallest absolute Gasteiger partial charge is 0.326 e. The summed E-state index contributed by atoms with van der Waals surface area (Å²) in [5.41, 5.74) is 6.00. The summed E-state index contributed by atoms with van der Waals surface area (Å²) in [6.45, 7) is 2.93. The maximum Gasteiger partial charge on any atom is 0.326 e. The van der Waals surface area contributed by atoms with Crippen LogP contribution in [0.2, 0.25) is 0 Å². The Labute approximate surface area is 449 Å². The summed E-state index contributed by atoms with van der Waals surface area (Å²) < 4.78 is 29.5. The summed E-state index contributed by atoms with van der Waals surface area (Å²) in [4.78, 5) is 70.8. The van der Waals surface area contributed by atoms with Crippen LogP contribution in [-0.4, -0.2) is 92.3 Å². The molecule has 12 nitrogen and oxygen atoms in total. The normalized spacial score (nSPS) is 18.6. The largest absolute Gasteiger partial charge is 0.456 e. The number of nitrogens with one attached hydrogen (secondary N) is 4. The van der Waals surface area contributed by atoms with Gasteiger partial charge in [-0.05, 0) is 64.0 Å². The zero-order valence-electron chi connectivity index (χ0n) is 42.3. The number of amides is 4. The molecule has 6 aromatic carbocycles. The van der Waals surface area contributed by atoms with Crippen molar-refractivity contribution >= 4 is 63.0 Å². The third-order valence-electron chi connectivity index (χ3n) is 12.9. The van der Waals surface area contributed by atoms with E-state index in [4.69, 9.17) is 4.74 Å². The van der Waals surface area contributed by atoms with Crippen LogP contribution >= 0.6 is 23.5 Å². The van der Waals surface area contributed by atoms with Gasteiger partial charge in [-0.15, -0.1) is 23.5 Å². The molecule has 0 unspecified atom stereocenters. The van der Waals surface area contributed by atoms with Crippen molar-refractivity contribution in [3.8, 4) is 0 Å². The topological polar surface area (TPSA) is 177 Å². The van der Waals surface area contributed by atoms with Gasteiger partial charge in [-0.25, -0.2) is 8.42 Å². The number of thioether (sulfide) groups is 2. The molecule has 0 spiro atoms. The van der Waals surface area contributed by atoms with Crippen molar-refractivity contribution in [3.63, 3.8) is 0 Å². The van der Waals surface area contributed by atoms with Gasteiger partial charge in [0.1, 0.15) is 40.6 Å². The second-order valence-corrected chi connectivity index (χ2v) is 23.5. The molecule has 0 saturated carbocycles. The molecule has 4 amide bonds. The van der Waals surface area contributed by atoms with Crippen molar-refractivity contribution in [3.05, 3.63) is 228 Å². The molecule has 0 aromatic heterocycles. The number of allylic oxidation sites excluding steroid dienone is 1. The Morgan fingerprint density at radius 3 is 1.40 bits per heavy atom. The lowest BCUT2D eigenvalue weighted by atomic mass is 9.84. The van der Waals surface area contributed by atoms with Crippen LogP contribution in [0.5, 0.6) is 0 Å². The lowest BCUT2D eigenvalue weighted by molar-refractivity contribution is -0.148. The molecule has 1 aliphatic heterocycles. The molecular formula is C60H64N4O8S3. The van der Waals surface area contributed by atoms with E-state index in [-0.39, 0.29) is 12.2 Å². The molecule has 7 rings (SSSR count). The first-order valence-electron chi connectivity index (χ1n) is 25.0. The first-order chi connectivity index (χ1) is 36.2. The number of sulfone groups is 1. The van der Waals surface area contributed by atoms with Crippen LogP contribution in [0.3, 0.4) is 0 Å². The van der Waals surface area contributed by atoms with Crippen molar-refractivity contribution in [1.82, 2.24) is 21.3 Å². The van der Waals surface area contributed by atoms with E-state index in [1.165, 1.54) is 11.8 Å². The number of hydrogen-bond donors (Lipinski definition) is 4. The summed E-state index contributed by atoms with van der Waals surface area (Å²) in [5.74, 6) is -4.08. The molecule has 0 radical (unpaired) electrons. The third-order valence-corrected chi connectivity index (χ3v) is 17.1. The molecule has 1 saturated heterocycles. The van der Waals surface area contributed by atoms with E-state index in [1.54, 1.807) is 31.7 Å². The Morgan fingerprint density at radius 1 is 0.573 bits per heavy atom. The Kier molecular flexibility index (Phi) is 19.7. The number of ether oxygens (including phenoxy) is 1. The van der Waals surface area contributed by atoms with Crippen LogP contribution in [0.1, 0.15) is 66.5 Å². The third kappa shape index (κ3) is 14.7.